The summed E-state index contributed by atoms with van der Waals surface area (Å²) in [5, 5.41) is 0.669. The van der Waals surface area contributed by atoms with Gasteiger partial charge in [-0.15, -0.1) is 0 Å². The maximum Gasteiger partial charge on any atom is 0.311 e. The van der Waals surface area contributed by atoms with Gasteiger partial charge in [0.05, 0.1) is 18.7 Å². The first kappa shape index (κ1) is 12.7. The molecule has 0 saturated heterocycles. The number of ether oxygens (including phenoxy) is 1. The largest absolute Gasteiger partial charge is 0.466 e. The molecule has 0 amide bonds. The Balaban J connectivity index is 2.62. The first-order valence-corrected chi connectivity index (χ1v) is 5.45. The fourth-order valence-corrected chi connectivity index (χ4v) is 1.32. The standard InChI is InChI=1S/C12H14ClNO2/c1-3-16-12(15)8-9(2)14-11-6-4-10(13)5-7-11/h4-7H,3,8H2,1-2H3. The molecule has 0 saturated carbocycles. The molecule has 0 spiro atoms. The van der Waals surface area contributed by atoms with E-state index in [1.165, 1.54) is 0 Å². The van der Waals surface area contributed by atoms with Gasteiger partial charge in [0.1, 0.15) is 0 Å². The zero-order valence-electron chi connectivity index (χ0n) is 9.37. The van der Waals surface area contributed by atoms with Crippen LogP contribution in [0.3, 0.4) is 0 Å². The molecule has 0 aliphatic rings. The fourth-order valence-electron chi connectivity index (χ4n) is 1.20. The highest BCUT2D eigenvalue weighted by Crippen LogP contribution is 2.16. The number of halogens is 1. The minimum absolute atomic E-state index is 0.219. The third kappa shape index (κ3) is 4.45. The summed E-state index contributed by atoms with van der Waals surface area (Å²) in [7, 11) is 0. The minimum atomic E-state index is -0.252. The predicted molar refractivity (Wildman–Crippen MR) is 65.5 cm³/mol. The number of rotatable bonds is 4. The molecular formula is C12H14ClNO2. The highest BCUT2D eigenvalue weighted by atomic mass is 35.5. The van der Waals surface area contributed by atoms with E-state index >= 15 is 0 Å². The van der Waals surface area contributed by atoms with E-state index in [0.717, 1.165) is 11.4 Å². The van der Waals surface area contributed by atoms with Gasteiger partial charge in [0, 0.05) is 10.7 Å². The van der Waals surface area contributed by atoms with Crippen molar-refractivity contribution in [2.24, 2.45) is 4.99 Å². The van der Waals surface area contributed by atoms with Gasteiger partial charge in [-0.25, -0.2) is 0 Å². The van der Waals surface area contributed by atoms with Crippen molar-refractivity contribution in [1.29, 1.82) is 0 Å². The van der Waals surface area contributed by atoms with Crippen LogP contribution in [0.15, 0.2) is 29.3 Å². The molecule has 0 radical (unpaired) electrons. The van der Waals surface area contributed by atoms with E-state index < -0.39 is 0 Å². The molecule has 0 aliphatic heterocycles. The number of nitrogens with zero attached hydrogens (tertiary/aromatic N) is 1. The molecule has 0 N–H and O–H groups in total. The smallest absolute Gasteiger partial charge is 0.311 e. The molecule has 0 heterocycles. The lowest BCUT2D eigenvalue weighted by molar-refractivity contribution is -0.141. The molecular weight excluding hydrogens is 226 g/mol. The maximum atomic E-state index is 11.2. The third-order valence-corrected chi connectivity index (χ3v) is 2.10. The second-order valence-corrected chi connectivity index (χ2v) is 3.74. The number of hydrogen-bond donors (Lipinski definition) is 0. The maximum absolute atomic E-state index is 11.2. The Morgan fingerprint density at radius 1 is 1.38 bits per heavy atom. The summed E-state index contributed by atoms with van der Waals surface area (Å²) >= 11 is 5.75. The van der Waals surface area contributed by atoms with Crippen LogP contribution >= 0.6 is 11.6 Å². The van der Waals surface area contributed by atoms with Crippen LogP contribution < -0.4 is 0 Å². The Morgan fingerprint density at radius 2 is 2.00 bits per heavy atom. The van der Waals surface area contributed by atoms with E-state index in [-0.39, 0.29) is 12.4 Å². The van der Waals surface area contributed by atoms with Crippen LogP contribution in [0.2, 0.25) is 5.02 Å². The summed E-state index contributed by atoms with van der Waals surface area (Å²) in [4.78, 5) is 15.5. The first-order valence-electron chi connectivity index (χ1n) is 5.07. The number of esters is 1. The summed E-state index contributed by atoms with van der Waals surface area (Å²) < 4.78 is 4.83. The molecule has 0 aliphatic carbocycles. The van der Waals surface area contributed by atoms with Crippen molar-refractivity contribution < 1.29 is 9.53 Å². The highest BCUT2D eigenvalue weighted by Gasteiger charge is 2.03. The van der Waals surface area contributed by atoms with Gasteiger partial charge in [0.15, 0.2) is 0 Å². The van der Waals surface area contributed by atoms with Crippen molar-refractivity contribution in [2.45, 2.75) is 20.3 Å². The van der Waals surface area contributed by atoms with Crippen molar-refractivity contribution in [2.75, 3.05) is 6.61 Å². The van der Waals surface area contributed by atoms with E-state index in [1.54, 1.807) is 38.1 Å². The van der Waals surface area contributed by atoms with Crippen LogP contribution in [0, 0.1) is 0 Å². The molecule has 0 fully saturated rings. The minimum Gasteiger partial charge on any atom is -0.466 e. The van der Waals surface area contributed by atoms with Gasteiger partial charge < -0.3 is 4.74 Å². The number of hydrogen-bond acceptors (Lipinski definition) is 3. The van der Waals surface area contributed by atoms with E-state index in [2.05, 4.69) is 4.99 Å². The molecule has 1 rings (SSSR count). The zero-order chi connectivity index (χ0) is 12.0. The van der Waals surface area contributed by atoms with Crippen molar-refractivity contribution in [3.8, 4) is 0 Å². The molecule has 0 atom stereocenters. The van der Waals surface area contributed by atoms with E-state index in [1.807, 2.05) is 0 Å². The lowest BCUT2D eigenvalue weighted by Gasteiger charge is -2.01. The van der Waals surface area contributed by atoms with Gasteiger partial charge in [-0.05, 0) is 38.1 Å². The van der Waals surface area contributed by atoms with E-state index in [9.17, 15) is 4.79 Å². The Bertz CT molecular complexity index is 385. The van der Waals surface area contributed by atoms with Crippen LogP contribution in [-0.4, -0.2) is 18.3 Å². The van der Waals surface area contributed by atoms with Gasteiger partial charge in [-0.3, -0.25) is 9.79 Å². The van der Waals surface area contributed by atoms with Gasteiger partial charge in [-0.1, -0.05) is 11.6 Å². The fraction of sp³-hybridized carbons (Fsp3) is 0.333. The molecule has 0 aromatic heterocycles. The molecule has 1 aromatic carbocycles. The van der Waals surface area contributed by atoms with Gasteiger partial charge >= 0.3 is 5.97 Å². The topological polar surface area (TPSA) is 38.7 Å². The molecule has 0 bridgehead atoms. The molecule has 4 heteroatoms. The van der Waals surface area contributed by atoms with Crippen molar-refractivity contribution in [3.63, 3.8) is 0 Å². The molecule has 0 unspecified atom stereocenters. The van der Waals surface area contributed by atoms with Crippen molar-refractivity contribution >= 4 is 29.0 Å². The Hall–Kier alpha value is -1.35. The van der Waals surface area contributed by atoms with Crippen LogP contribution in [0.1, 0.15) is 20.3 Å². The van der Waals surface area contributed by atoms with Crippen molar-refractivity contribution in [3.05, 3.63) is 29.3 Å². The van der Waals surface area contributed by atoms with Crippen LogP contribution in [-0.2, 0) is 9.53 Å². The van der Waals surface area contributed by atoms with Crippen molar-refractivity contribution in [1.82, 2.24) is 0 Å². The number of carbonyl (C=O) groups excluding carboxylic acids is 1. The first-order chi connectivity index (χ1) is 7.61. The quantitative estimate of drug-likeness (QED) is 0.597. The molecule has 1 aromatic rings. The third-order valence-electron chi connectivity index (χ3n) is 1.85. The monoisotopic (exact) mass is 239 g/mol. The lowest BCUT2D eigenvalue weighted by Crippen LogP contribution is -2.08. The Morgan fingerprint density at radius 3 is 2.56 bits per heavy atom. The average molecular weight is 240 g/mol. The van der Waals surface area contributed by atoms with Crippen LogP contribution in [0.4, 0.5) is 5.69 Å². The normalized spacial score (nSPS) is 11.3. The van der Waals surface area contributed by atoms with E-state index in [0.29, 0.717) is 11.6 Å². The predicted octanol–water partition coefficient (Wildman–Crippen LogP) is 3.39. The summed E-state index contributed by atoms with van der Waals surface area (Å²) in [5.74, 6) is -0.252. The molecule has 16 heavy (non-hydrogen) atoms. The zero-order valence-corrected chi connectivity index (χ0v) is 10.1. The SMILES string of the molecule is CCOC(=O)CC(C)=Nc1ccc(Cl)cc1. The van der Waals surface area contributed by atoms with Crippen LogP contribution in [0.5, 0.6) is 0 Å². The highest BCUT2D eigenvalue weighted by molar-refractivity contribution is 6.30. The average Bonchev–Trinajstić information content (AvgIpc) is 2.21. The van der Waals surface area contributed by atoms with Crippen LogP contribution in [0.25, 0.3) is 0 Å². The number of benzene rings is 1. The summed E-state index contributed by atoms with van der Waals surface area (Å²) in [6.07, 6.45) is 0.219. The summed E-state index contributed by atoms with van der Waals surface area (Å²) in [6, 6.07) is 7.13. The Labute approximate surface area is 100 Å². The Kier molecular flexibility index (Phi) is 4.99. The van der Waals surface area contributed by atoms with Gasteiger partial charge in [-0.2, -0.15) is 0 Å². The van der Waals surface area contributed by atoms with E-state index in [4.69, 9.17) is 16.3 Å². The number of aliphatic imine (C=N–C) groups is 1. The lowest BCUT2D eigenvalue weighted by atomic mass is 10.3. The summed E-state index contributed by atoms with van der Waals surface area (Å²) in [5.41, 5.74) is 1.51. The number of carbonyl (C=O) groups is 1. The molecule has 86 valence electrons. The van der Waals surface area contributed by atoms with Gasteiger partial charge in [0.25, 0.3) is 0 Å². The molecule has 3 nitrogen and oxygen atoms in total. The second kappa shape index (κ2) is 6.28. The van der Waals surface area contributed by atoms with Gasteiger partial charge in [0.2, 0.25) is 0 Å². The second-order valence-electron chi connectivity index (χ2n) is 3.31. The summed E-state index contributed by atoms with van der Waals surface area (Å²) in [6.45, 7) is 3.97.